The number of aliphatic imine (C=N–C) groups is 1. The molecule has 0 aromatic carbocycles. The van der Waals surface area contributed by atoms with Gasteiger partial charge in [-0.25, -0.2) is 18.8 Å². The van der Waals surface area contributed by atoms with Gasteiger partial charge in [-0.15, -0.1) is 20.4 Å². The summed E-state index contributed by atoms with van der Waals surface area (Å²) >= 11 is 2.72. The van der Waals surface area contributed by atoms with E-state index in [1.165, 1.54) is 28.7 Å². The summed E-state index contributed by atoms with van der Waals surface area (Å²) in [6.45, 7) is 8.72. The number of alkyl halides is 2. The highest BCUT2D eigenvalue weighted by molar-refractivity contribution is 7.15. The lowest BCUT2D eigenvalue weighted by atomic mass is 9.82. The molecule has 2 atom stereocenters. The van der Waals surface area contributed by atoms with Crippen LogP contribution < -0.4 is 15.5 Å². The van der Waals surface area contributed by atoms with E-state index in [0.29, 0.717) is 46.4 Å². The van der Waals surface area contributed by atoms with Gasteiger partial charge in [0, 0.05) is 11.8 Å². The number of hydrogen-bond donors (Lipinski definition) is 2. The van der Waals surface area contributed by atoms with E-state index >= 15 is 0 Å². The van der Waals surface area contributed by atoms with Crippen LogP contribution in [0.5, 0.6) is 0 Å². The number of halogens is 2. The Kier molecular flexibility index (Phi) is 9.72. The number of anilines is 3. The number of nitrogens with zero attached hydrogens (tertiary/aromatic N) is 8. The fourth-order valence-corrected chi connectivity index (χ4v) is 7.39. The van der Waals surface area contributed by atoms with Gasteiger partial charge >= 0.3 is 0 Å². The van der Waals surface area contributed by atoms with E-state index < -0.39 is 12.3 Å². The van der Waals surface area contributed by atoms with Gasteiger partial charge in [0.05, 0.1) is 50.4 Å². The van der Waals surface area contributed by atoms with Crippen molar-refractivity contribution in [1.82, 2.24) is 30.3 Å². The highest BCUT2D eigenvalue weighted by Crippen LogP contribution is 2.43. The second-order valence-electron chi connectivity index (χ2n) is 11.6. The average Bonchev–Trinajstić information content (AvgIpc) is 3.67. The smallest absolute Gasteiger partial charge is 0.232 e. The van der Waals surface area contributed by atoms with E-state index in [2.05, 4.69) is 54.2 Å². The summed E-state index contributed by atoms with van der Waals surface area (Å²) in [5.74, 6) is 0.853. The number of carbonyl (C=O) groups excluding carboxylic acids is 2. The van der Waals surface area contributed by atoms with Crippen LogP contribution >= 0.6 is 22.7 Å². The van der Waals surface area contributed by atoms with E-state index in [1.807, 2.05) is 17.0 Å². The molecule has 2 saturated heterocycles. The predicted octanol–water partition coefficient (Wildman–Crippen LogP) is 4.65. The van der Waals surface area contributed by atoms with Crippen molar-refractivity contribution in [3.63, 3.8) is 0 Å². The summed E-state index contributed by atoms with van der Waals surface area (Å²) in [6, 6.07) is 5.41. The number of hydrogen-bond acceptors (Lipinski definition) is 12. The van der Waals surface area contributed by atoms with Gasteiger partial charge < -0.3 is 20.4 Å². The second-order valence-corrected chi connectivity index (χ2v) is 13.6. The summed E-state index contributed by atoms with van der Waals surface area (Å²) in [5.41, 5.74) is 1.03. The molecule has 1 saturated carbocycles. The third-order valence-electron chi connectivity index (χ3n) is 8.09. The first-order valence-electron chi connectivity index (χ1n) is 15.1. The van der Waals surface area contributed by atoms with Crippen LogP contribution in [0.1, 0.15) is 59.6 Å². The summed E-state index contributed by atoms with van der Waals surface area (Å²) in [6.07, 6.45) is 3.52. The lowest BCUT2D eigenvalue weighted by molar-refractivity contribution is -0.116. The topological polar surface area (TPSA) is 141 Å². The fraction of sp³-hybridized carbons (Fsp3) is 0.467. The van der Waals surface area contributed by atoms with Crippen molar-refractivity contribution < 1.29 is 18.4 Å². The van der Waals surface area contributed by atoms with Crippen LogP contribution in [-0.2, 0) is 16.0 Å². The zero-order valence-corrected chi connectivity index (χ0v) is 26.7. The van der Waals surface area contributed by atoms with Crippen LogP contribution in [0.4, 0.5) is 24.9 Å². The maximum atomic E-state index is 13.2. The third kappa shape index (κ3) is 7.78. The largest absolute Gasteiger partial charge is 0.351 e. The van der Waals surface area contributed by atoms with Gasteiger partial charge in [-0.05, 0) is 37.5 Å². The highest BCUT2D eigenvalue weighted by atomic mass is 32.1. The molecule has 5 heterocycles. The number of allylic oxidation sites excluding steroid dienone is 1. The Bertz CT molecular complexity index is 1630. The van der Waals surface area contributed by atoms with Crippen LogP contribution in [0, 0.1) is 0 Å². The molecule has 2 aliphatic heterocycles. The number of pyridine rings is 1. The minimum absolute atomic E-state index is 0.0197. The van der Waals surface area contributed by atoms with Crippen LogP contribution in [0.15, 0.2) is 48.2 Å². The molecule has 16 heteroatoms. The van der Waals surface area contributed by atoms with Crippen molar-refractivity contribution in [2.24, 2.45) is 4.99 Å². The molecule has 2 amide bonds. The minimum Gasteiger partial charge on any atom is -0.351 e. The van der Waals surface area contributed by atoms with E-state index in [-0.39, 0.29) is 49.6 Å². The molecule has 0 spiro atoms. The predicted molar refractivity (Wildman–Crippen MR) is 174 cm³/mol. The maximum absolute atomic E-state index is 13.2. The molecule has 2 N–H and O–H groups in total. The van der Waals surface area contributed by atoms with E-state index in [0.717, 1.165) is 35.7 Å². The Morgan fingerprint density at radius 2 is 1.59 bits per heavy atom. The standard InChI is InChI=1S/C30H34F2N10O2S2/c1-3-22(33-17(2)41-13-20(31)14-41)11-25(43)35-29-39-37-27(45-29)18-6-4-7-19(10-18)28-38-40-30(46-28)36-26(44)12-23-8-5-9-24(34-23)42-15-21(32)16-42/h3,5,8-9,18-21H,1-2,4,6-7,10-16H2,(H,35,39,43)(H,36,40,44)/b33-22+/t18-,19-/m0/s1. The Labute approximate surface area is 272 Å². The molecular weight excluding hydrogens is 635 g/mol. The molecule has 3 aromatic rings. The molecule has 0 bridgehead atoms. The number of carbonyl (C=O) groups is 2. The first kappa shape index (κ1) is 31.8. The number of nitrogens with one attached hydrogen (secondary N) is 2. The van der Waals surface area contributed by atoms with Crippen LogP contribution in [0.3, 0.4) is 0 Å². The molecule has 3 aliphatic rings. The number of rotatable bonds is 12. The highest BCUT2D eigenvalue weighted by Gasteiger charge is 2.31. The molecule has 242 valence electrons. The summed E-state index contributed by atoms with van der Waals surface area (Å²) in [4.78, 5) is 37.8. The average molecular weight is 669 g/mol. The summed E-state index contributed by atoms with van der Waals surface area (Å²) < 4.78 is 26.4. The zero-order chi connectivity index (χ0) is 32.2. The van der Waals surface area contributed by atoms with Crippen molar-refractivity contribution in [3.05, 3.63) is 59.0 Å². The van der Waals surface area contributed by atoms with Crippen molar-refractivity contribution in [2.75, 3.05) is 41.7 Å². The molecule has 1 aliphatic carbocycles. The summed E-state index contributed by atoms with van der Waals surface area (Å²) in [7, 11) is 0. The van der Waals surface area contributed by atoms with Gasteiger partial charge in [0.2, 0.25) is 22.1 Å². The van der Waals surface area contributed by atoms with E-state index in [4.69, 9.17) is 0 Å². The molecule has 12 nitrogen and oxygen atoms in total. The van der Waals surface area contributed by atoms with E-state index in [1.54, 1.807) is 11.0 Å². The Balaban J connectivity index is 0.991. The first-order valence-corrected chi connectivity index (χ1v) is 16.7. The molecule has 0 radical (unpaired) electrons. The maximum Gasteiger partial charge on any atom is 0.232 e. The first-order chi connectivity index (χ1) is 22.2. The Morgan fingerprint density at radius 3 is 2.20 bits per heavy atom. The Hall–Kier alpha value is -4.18. The van der Waals surface area contributed by atoms with Gasteiger partial charge in [-0.1, -0.05) is 48.3 Å². The van der Waals surface area contributed by atoms with Crippen molar-refractivity contribution in [1.29, 1.82) is 0 Å². The second kappa shape index (κ2) is 14.1. The van der Waals surface area contributed by atoms with Gasteiger partial charge in [-0.2, -0.15) is 0 Å². The van der Waals surface area contributed by atoms with Gasteiger partial charge in [-0.3, -0.25) is 9.59 Å². The SMILES string of the molecule is C=C/C(CC(=O)Nc1nnc([C@H]2CCC[C@H](c3nnc(NC(=O)Cc4cccc(N5CC(F)C5)n4)s3)C2)s1)=N\C(=C)N1CC(F)C1. The fourth-order valence-electron chi connectivity index (χ4n) is 5.58. The minimum atomic E-state index is -0.875. The molecule has 3 aromatic heterocycles. The summed E-state index contributed by atoms with van der Waals surface area (Å²) in [5, 5.41) is 25.3. The number of aromatic nitrogens is 5. The van der Waals surface area contributed by atoms with Crippen molar-refractivity contribution >= 4 is 56.3 Å². The normalized spacial score (nSPS) is 20.5. The van der Waals surface area contributed by atoms with Crippen LogP contribution in [-0.4, -0.2) is 86.3 Å². The van der Waals surface area contributed by atoms with Crippen LogP contribution in [0.2, 0.25) is 0 Å². The van der Waals surface area contributed by atoms with Gasteiger partial charge in [0.1, 0.15) is 34.0 Å². The number of likely N-dealkylation sites (tertiary alicyclic amines) is 1. The third-order valence-corrected chi connectivity index (χ3v) is 10.1. The number of amides is 2. The van der Waals surface area contributed by atoms with Crippen molar-refractivity contribution in [2.45, 2.75) is 62.7 Å². The molecule has 6 rings (SSSR count). The lowest BCUT2D eigenvalue weighted by Gasteiger charge is -2.35. The Morgan fingerprint density at radius 1 is 0.957 bits per heavy atom. The molecular formula is C30H34F2N10O2S2. The molecule has 0 unspecified atom stereocenters. The quantitative estimate of drug-likeness (QED) is 0.264. The van der Waals surface area contributed by atoms with Gasteiger partial charge in [0.25, 0.3) is 0 Å². The lowest BCUT2D eigenvalue weighted by Crippen LogP contribution is -2.48. The molecule has 46 heavy (non-hydrogen) atoms. The van der Waals surface area contributed by atoms with E-state index in [9.17, 15) is 18.4 Å². The zero-order valence-electron chi connectivity index (χ0n) is 25.1. The van der Waals surface area contributed by atoms with Gasteiger partial charge in [0.15, 0.2) is 0 Å². The van der Waals surface area contributed by atoms with Crippen molar-refractivity contribution in [3.8, 4) is 0 Å². The van der Waals surface area contributed by atoms with Crippen LogP contribution in [0.25, 0.3) is 0 Å². The monoisotopic (exact) mass is 668 g/mol. The molecule has 3 fully saturated rings.